The summed E-state index contributed by atoms with van der Waals surface area (Å²) in [5, 5.41) is -4.58. The number of alkyl halides is 2. The van der Waals surface area contributed by atoms with Gasteiger partial charge in [-0.2, -0.15) is 8.78 Å². The molecule has 3 aromatic carbocycles. The quantitative estimate of drug-likeness (QED) is 0.247. The predicted octanol–water partition coefficient (Wildman–Crippen LogP) is 7.22. The van der Waals surface area contributed by atoms with E-state index in [4.69, 9.17) is 13.6 Å². The molecule has 0 fully saturated rings. The molecule has 1 unspecified atom stereocenters. The molecule has 0 aliphatic rings. The molecule has 6 nitrogen and oxygen atoms in total. The van der Waals surface area contributed by atoms with Gasteiger partial charge in [0.15, 0.2) is 0 Å². The lowest BCUT2D eigenvalue weighted by molar-refractivity contribution is 0.0572. The Bertz CT molecular complexity index is 1050. The number of halogens is 2. The van der Waals surface area contributed by atoms with E-state index in [0.717, 1.165) is 7.11 Å². The van der Waals surface area contributed by atoms with Crippen LogP contribution < -0.4 is 0 Å². The van der Waals surface area contributed by atoms with Crippen LogP contribution in [0.15, 0.2) is 91.0 Å². The van der Waals surface area contributed by atoms with Gasteiger partial charge in [0, 0.05) is 7.11 Å². The standard InChI is InChI=1S/C23H24F2O6P2/c1-28-32(26,29-17-20-11-5-2-6-12-20)23(24,25)33(27,30-18-21-13-7-3-8-14-21)31-19-22-15-9-4-10-16-22/h2-16H,17-19H2,1H3. The molecule has 0 heterocycles. The molecule has 33 heavy (non-hydrogen) atoms. The van der Waals surface area contributed by atoms with E-state index < -0.39 is 40.4 Å². The van der Waals surface area contributed by atoms with Gasteiger partial charge in [0.2, 0.25) is 0 Å². The molecule has 176 valence electrons. The van der Waals surface area contributed by atoms with Crippen molar-refractivity contribution in [2.24, 2.45) is 0 Å². The fraction of sp³-hybridized carbons (Fsp3) is 0.217. The van der Waals surface area contributed by atoms with Crippen LogP contribution >= 0.6 is 15.2 Å². The van der Waals surface area contributed by atoms with E-state index in [2.05, 4.69) is 4.52 Å². The van der Waals surface area contributed by atoms with E-state index in [0.29, 0.717) is 16.7 Å². The van der Waals surface area contributed by atoms with Gasteiger partial charge >= 0.3 is 20.6 Å². The lowest BCUT2D eigenvalue weighted by Gasteiger charge is -2.30. The first-order valence-corrected chi connectivity index (χ1v) is 13.1. The van der Waals surface area contributed by atoms with Gasteiger partial charge in [-0.1, -0.05) is 91.0 Å². The summed E-state index contributed by atoms with van der Waals surface area (Å²) in [7, 11) is -9.83. The van der Waals surface area contributed by atoms with Crippen LogP contribution in [0, 0.1) is 0 Å². The maximum atomic E-state index is 15.6. The topological polar surface area (TPSA) is 71.1 Å². The zero-order chi connectivity index (χ0) is 23.8. The molecule has 0 saturated carbocycles. The predicted molar refractivity (Wildman–Crippen MR) is 121 cm³/mol. The molecule has 0 aliphatic carbocycles. The van der Waals surface area contributed by atoms with Crippen molar-refractivity contribution >= 4 is 15.2 Å². The van der Waals surface area contributed by atoms with Crippen molar-refractivity contribution in [2.75, 3.05) is 7.11 Å². The first-order valence-electron chi connectivity index (χ1n) is 9.99. The Morgan fingerprint density at radius 1 is 0.606 bits per heavy atom. The summed E-state index contributed by atoms with van der Waals surface area (Å²) in [6, 6.07) is 24.9. The summed E-state index contributed by atoms with van der Waals surface area (Å²) in [5.41, 5.74) is 1.44. The Balaban J connectivity index is 1.87. The van der Waals surface area contributed by atoms with E-state index in [1.807, 2.05) is 0 Å². The third-order valence-electron chi connectivity index (χ3n) is 4.63. The van der Waals surface area contributed by atoms with E-state index in [1.54, 1.807) is 91.0 Å². The zero-order valence-corrected chi connectivity index (χ0v) is 19.7. The minimum atomic E-state index is -5.36. The third kappa shape index (κ3) is 6.24. The molecule has 0 spiro atoms. The molecule has 0 radical (unpaired) electrons. The number of benzene rings is 3. The Morgan fingerprint density at radius 2 is 0.909 bits per heavy atom. The van der Waals surface area contributed by atoms with E-state index in [9.17, 15) is 9.13 Å². The van der Waals surface area contributed by atoms with Gasteiger partial charge in [0.1, 0.15) is 0 Å². The Morgan fingerprint density at radius 3 is 1.21 bits per heavy atom. The van der Waals surface area contributed by atoms with Crippen molar-refractivity contribution in [1.29, 1.82) is 0 Å². The summed E-state index contributed by atoms with van der Waals surface area (Å²) in [4.78, 5) is 0. The van der Waals surface area contributed by atoms with Gasteiger partial charge in [-0.05, 0) is 16.7 Å². The fourth-order valence-corrected chi connectivity index (χ4v) is 6.57. The lowest BCUT2D eigenvalue weighted by atomic mass is 10.2. The van der Waals surface area contributed by atoms with Crippen LogP contribution in [0.1, 0.15) is 16.7 Å². The second-order valence-corrected chi connectivity index (χ2v) is 11.6. The van der Waals surface area contributed by atoms with Gasteiger partial charge in [0.25, 0.3) is 0 Å². The highest BCUT2D eigenvalue weighted by molar-refractivity contribution is 7.73. The summed E-state index contributed by atoms with van der Waals surface area (Å²) < 4.78 is 77.8. The molecule has 1 atom stereocenters. The van der Waals surface area contributed by atoms with Crippen molar-refractivity contribution in [2.45, 2.75) is 25.2 Å². The minimum Gasteiger partial charge on any atom is -0.307 e. The van der Waals surface area contributed by atoms with Gasteiger partial charge in [-0.25, -0.2) is 0 Å². The molecule has 10 heteroatoms. The monoisotopic (exact) mass is 496 g/mol. The van der Waals surface area contributed by atoms with Crippen molar-refractivity contribution in [1.82, 2.24) is 0 Å². The van der Waals surface area contributed by atoms with Crippen LogP contribution in [0.25, 0.3) is 0 Å². The molecule has 0 saturated heterocycles. The third-order valence-corrected chi connectivity index (χ3v) is 9.31. The van der Waals surface area contributed by atoms with Crippen LogP contribution in [0.3, 0.4) is 0 Å². The lowest BCUT2D eigenvalue weighted by Crippen LogP contribution is -2.23. The first-order chi connectivity index (χ1) is 15.8. The maximum Gasteiger partial charge on any atom is 0.444 e. The molecular weight excluding hydrogens is 472 g/mol. The number of rotatable bonds is 12. The molecular formula is C23H24F2O6P2. The molecule has 0 N–H and O–H groups in total. The van der Waals surface area contributed by atoms with Crippen molar-refractivity contribution < 1.29 is 36.0 Å². The first kappa shape index (κ1) is 25.4. The van der Waals surface area contributed by atoms with Crippen molar-refractivity contribution in [3.05, 3.63) is 108 Å². The van der Waals surface area contributed by atoms with Crippen LogP contribution in [0.4, 0.5) is 8.78 Å². The SMILES string of the molecule is COP(=O)(OCc1ccccc1)C(F)(F)P(=O)(OCc1ccccc1)OCc1ccccc1. The number of hydrogen-bond donors (Lipinski definition) is 0. The van der Waals surface area contributed by atoms with Gasteiger partial charge in [-0.15, -0.1) is 0 Å². The Labute approximate surface area is 191 Å². The van der Waals surface area contributed by atoms with E-state index in [-0.39, 0.29) is 0 Å². The van der Waals surface area contributed by atoms with Crippen LogP contribution in [-0.2, 0) is 47.0 Å². The van der Waals surface area contributed by atoms with E-state index >= 15 is 8.78 Å². The van der Waals surface area contributed by atoms with Gasteiger partial charge < -0.3 is 4.52 Å². The van der Waals surface area contributed by atoms with Crippen molar-refractivity contribution in [3.8, 4) is 0 Å². The molecule has 0 bridgehead atoms. The summed E-state index contributed by atoms with van der Waals surface area (Å²) in [6.45, 7) is -1.35. The van der Waals surface area contributed by atoms with Gasteiger partial charge in [0.05, 0.1) is 19.8 Å². The zero-order valence-electron chi connectivity index (χ0n) is 17.9. The van der Waals surface area contributed by atoms with Crippen LogP contribution in [0.2, 0.25) is 0 Å². The second kappa shape index (κ2) is 11.3. The van der Waals surface area contributed by atoms with Crippen LogP contribution in [-0.4, -0.2) is 12.5 Å². The highest BCUT2D eigenvalue weighted by Gasteiger charge is 2.69. The average molecular weight is 496 g/mol. The molecule has 0 amide bonds. The fourth-order valence-electron chi connectivity index (χ4n) is 2.78. The summed E-state index contributed by atoms with van der Waals surface area (Å²) >= 11 is 0. The normalized spacial score (nSPS) is 14.0. The second-order valence-electron chi connectivity index (χ2n) is 6.96. The average Bonchev–Trinajstić information content (AvgIpc) is 2.86. The smallest absolute Gasteiger partial charge is 0.307 e. The molecule has 3 rings (SSSR count). The highest BCUT2D eigenvalue weighted by atomic mass is 31.2. The summed E-state index contributed by atoms with van der Waals surface area (Å²) in [5.74, 6) is 0. The number of hydrogen-bond acceptors (Lipinski definition) is 6. The minimum absolute atomic E-state index is 0.446. The van der Waals surface area contributed by atoms with Crippen LogP contribution in [0.5, 0.6) is 0 Å². The molecule has 3 aromatic rings. The Hall–Kier alpha value is -2.18. The molecule has 0 aliphatic heterocycles. The maximum absolute atomic E-state index is 15.6. The van der Waals surface area contributed by atoms with Crippen molar-refractivity contribution in [3.63, 3.8) is 0 Å². The summed E-state index contributed by atoms with van der Waals surface area (Å²) in [6.07, 6.45) is 0. The Kier molecular flexibility index (Phi) is 8.71. The highest BCUT2D eigenvalue weighted by Crippen LogP contribution is 2.79. The van der Waals surface area contributed by atoms with E-state index in [1.165, 1.54) is 0 Å². The largest absolute Gasteiger partial charge is 0.444 e. The molecule has 0 aromatic heterocycles. The van der Waals surface area contributed by atoms with Gasteiger partial charge in [-0.3, -0.25) is 22.7 Å².